The Hall–Kier alpha value is -1.71. The topological polar surface area (TPSA) is 75.5 Å². The predicted molar refractivity (Wildman–Crippen MR) is 104 cm³/mol. The Morgan fingerprint density at radius 2 is 1.70 bits per heavy atom. The fourth-order valence-electron chi connectivity index (χ4n) is 3.57. The molecule has 0 N–H and O–H groups in total. The number of aryl methyl sites for hydroxylation is 2. The van der Waals surface area contributed by atoms with Gasteiger partial charge in [0.2, 0.25) is 10.0 Å². The van der Waals surface area contributed by atoms with Gasteiger partial charge in [-0.2, -0.15) is 9.40 Å². The number of hydrogen-bond donors (Lipinski definition) is 0. The maximum absolute atomic E-state index is 12.8. The number of carbonyl (C=O) groups is 1. The number of hydrogen-bond acceptors (Lipinski definition) is 4. The molecule has 1 amide bonds. The lowest BCUT2D eigenvalue weighted by atomic mass is 10.1. The summed E-state index contributed by atoms with van der Waals surface area (Å²) >= 11 is 3.31. The van der Waals surface area contributed by atoms with Gasteiger partial charge in [0.15, 0.2) is 5.69 Å². The number of sulfonamides is 1. The molecule has 0 atom stereocenters. The zero-order valence-electron chi connectivity index (χ0n) is 14.8. The molecule has 4 rings (SSSR count). The number of fused-ring (bicyclic) bond motifs is 1. The molecule has 1 aromatic heterocycles. The highest BCUT2D eigenvalue weighted by molar-refractivity contribution is 9.10. The summed E-state index contributed by atoms with van der Waals surface area (Å²) < 4.78 is 29.7. The van der Waals surface area contributed by atoms with E-state index in [0.29, 0.717) is 18.8 Å². The zero-order valence-corrected chi connectivity index (χ0v) is 17.2. The van der Waals surface area contributed by atoms with Gasteiger partial charge in [-0.05, 0) is 49.6 Å². The lowest BCUT2D eigenvalue weighted by Gasteiger charge is -2.33. The molecular weight excluding hydrogens is 432 g/mol. The Bertz CT molecular complexity index is 924. The average Bonchev–Trinajstić information content (AvgIpc) is 3.12. The van der Waals surface area contributed by atoms with Gasteiger partial charge in [-0.15, -0.1) is 0 Å². The smallest absolute Gasteiger partial charge is 0.274 e. The van der Waals surface area contributed by atoms with Gasteiger partial charge in [0, 0.05) is 42.9 Å². The van der Waals surface area contributed by atoms with E-state index in [9.17, 15) is 13.2 Å². The van der Waals surface area contributed by atoms with Crippen molar-refractivity contribution in [3.63, 3.8) is 0 Å². The minimum Gasteiger partial charge on any atom is -0.335 e. The highest BCUT2D eigenvalue weighted by Gasteiger charge is 2.31. The van der Waals surface area contributed by atoms with Gasteiger partial charge < -0.3 is 4.90 Å². The molecule has 0 saturated carbocycles. The molecule has 0 aliphatic carbocycles. The second kappa shape index (κ2) is 7.37. The first-order valence-corrected chi connectivity index (χ1v) is 11.3. The molecule has 9 heteroatoms. The van der Waals surface area contributed by atoms with Crippen LogP contribution in [0.25, 0.3) is 0 Å². The molecule has 144 valence electrons. The van der Waals surface area contributed by atoms with Gasteiger partial charge in [-0.1, -0.05) is 15.9 Å². The van der Waals surface area contributed by atoms with Crippen molar-refractivity contribution < 1.29 is 13.2 Å². The van der Waals surface area contributed by atoms with Crippen LogP contribution in [0.3, 0.4) is 0 Å². The molecule has 2 aliphatic rings. The SMILES string of the molecule is O=C(c1cc2n(n1)CCCC2)N1CCN(S(=O)(=O)c2ccc(Br)cc2)CC1. The van der Waals surface area contributed by atoms with E-state index in [-0.39, 0.29) is 23.9 Å². The average molecular weight is 453 g/mol. The minimum atomic E-state index is -3.54. The summed E-state index contributed by atoms with van der Waals surface area (Å²) in [4.78, 5) is 14.7. The van der Waals surface area contributed by atoms with Crippen molar-refractivity contribution in [3.8, 4) is 0 Å². The van der Waals surface area contributed by atoms with Crippen LogP contribution in [0.4, 0.5) is 0 Å². The van der Waals surface area contributed by atoms with E-state index in [2.05, 4.69) is 21.0 Å². The Labute approximate surface area is 167 Å². The van der Waals surface area contributed by atoms with E-state index in [1.807, 2.05) is 10.7 Å². The number of rotatable bonds is 3. The van der Waals surface area contributed by atoms with E-state index >= 15 is 0 Å². The second-order valence-electron chi connectivity index (χ2n) is 6.85. The van der Waals surface area contributed by atoms with E-state index in [1.165, 1.54) is 4.31 Å². The molecule has 27 heavy (non-hydrogen) atoms. The summed E-state index contributed by atoms with van der Waals surface area (Å²) in [5.74, 6) is -0.113. The fraction of sp³-hybridized carbons (Fsp3) is 0.444. The number of piperazine rings is 1. The summed E-state index contributed by atoms with van der Waals surface area (Å²) in [6, 6.07) is 8.49. The van der Waals surface area contributed by atoms with Crippen LogP contribution in [0.1, 0.15) is 29.0 Å². The van der Waals surface area contributed by atoms with Crippen LogP contribution in [-0.2, 0) is 23.0 Å². The van der Waals surface area contributed by atoms with E-state index < -0.39 is 10.0 Å². The quantitative estimate of drug-likeness (QED) is 0.714. The molecule has 1 fully saturated rings. The van der Waals surface area contributed by atoms with Crippen LogP contribution in [-0.4, -0.2) is 59.5 Å². The first-order valence-electron chi connectivity index (χ1n) is 9.07. The summed E-state index contributed by atoms with van der Waals surface area (Å²) in [5.41, 5.74) is 1.58. The number of carbonyl (C=O) groups excluding carboxylic acids is 1. The first-order chi connectivity index (χ1) is 12.9. The standard InChI is InChI=1S/C18H21BrN4O3S/c19-14-4-6-16(7-5-14)27(25,26)22-11-9-21(10-12-22)18(24)17-13-15-3-1-2-8-23(15)20-17/h4-7,13H,1-3,8-12H2. The summed E-state index contributed by atoms with van der Waals surface area (Å²) in [7, 11) is -3.54. The Balaban J connectivity index is 1.43. The van der Waals surface area contributed by atoms with Crippen molar-refractivity contribution in [1.29, 1.82) is 0 Å². The molecular formula is C18H21BrN4O3S. The van der Waals surface area contributed by atoms with Crippen LogP contribution in [0.2, 0.25) is 0 Å². The van der Waals surface area contributed by atoms with E-state index in [1.54, 1.807) is 29.2 Å². The third-order valence-corrected chi connectivity index (χ3v) is 7.55. The largest absolute Gasteiger partial charge is 0.335 e. The van der Waals surface area contributed by atoms with Crippen molar-refractivity contribution in [1.82, 2.24) is 19.0 Å². The number of benzene rings is 1. The Morgan fingerprint density at radius 1 is 1.00 bits per heavy atom. The van der Waals surface area contributed by atoms with Gasteiger partial charge in [0.25, 0.3) is 5.91 Å². The van der Waals surface area contributed by atoms with Gasteiger partial charge in [-0.25, -0.2) is 8.42 Å². The number of halogens is 1. The molecule has 3 heterocycles. The molecule has 0 spiro atoms. The van der Waals surface area contributed by atoms with Crippen LogP contribution >= 0.6 is 15.9 Å². The lowest BCUT2D eigenvalue weighted by Crippen LogP contribution is -2.50. The van der Waals surface area contributed by atoms with Gasteiger partial charge in [-0.3, -0.25) is 9.48 Å². The highest BCUT2D eigenvalue weighted by Crippen LogP contribution is 2.21. The molecule has 1 aromatic carbocycles. The molecule has 0 bridgehead atoms. The molecule has 2 aliphatic heterocycles. The second-order valence-corrected chi connectivity index (χ2v) is 9.70. The highest BCUT2D eigenvalue weighted by atomic mass is 79.9. The maximum atomic E-state index is 12.8. The summed E-state index contributed by atoms with van der Waals surface area (Å²) in [6.45, 7) is 2.19. The van der Waals surface area contributed by atoms with E-state index in [4.69, 9.17) is 0 Å². The lowest BCUT2D eigenvalue weighted by molar-refractivity contribution is 0.0691. The predicted octanol–water partition coefficient (Wildman–Crippen LogP) is 2.13. The molecule has 2 aromatic rings. The van der Waals surface area contributed by atoms with Crippen LogP contribution in [0.5, 0.6) is 0 Å². The van der Waals surface area contributed by atoms with Gasteiger partial charge in [0.1, 0.15) is 0 Å². The number of nitrogens with zero attached hydrogens (tertiary/aromatic N) is 4. The maximum Gasteiger partial charge on any atom is 0.274 e. The Morgan fingerprint density at radius 3 is 2.37 bits per heavy atom. The number of amides is 1. The summed E-state index contributed by atoms with van der Waals surface area (Å²) in [6.07, 6.45) is 3.18. The van der Waals surface area contributed by atoms with Crippen molar-refractivity contribution in [3.05, 3.63) is 46.2 Å². The van der Waals surface area contributed by atoms with E-state index in [0.717, 1.165) is 36.0 Å². The van der Waals surface area contributed by atoms with Crippen molar-refractivity contribution in [2.75, 3.05) is 26.2 Å². The van der Waals surface area contributed by atoms with Crippen molar-refractivity contribution >= 4 is 31.9 Å². The van der Waals surface area contributed by atoms with Crippen molar-refractivity contribution in [2.45, 2.75) is 30.7 Å². The monoisotopic (exact) mass is 452 g/mol. The van der Waals surface area contributed by atoms with Gasteiger partial charge >= 0.3 is 0 Å². The van der Waals surface area contributed by atoms with Crippen molar-refractivity contribution in [2.24, 2.45) is 0 Å². The third kappa shape index (κ3) is 3.68. The minimum absolute atomic E-state index is 0.113. The van der Waals surface area contributed by atoms with Gasteiger partial charge in [0.05, 0.1) is 4.90 Å². The molecule has 0 unspecified atom stereocenters. The van der Waals surface area contributed by atoms with Crippen LogP contribution < -0.4 is 0 Å². The zero-order chi connectivity index (χ0) is 19.0. The molecule has 1 saturated heterocycles. The normalized spacial score (nSPS) is 18.3. The fourth-order valence-corrected chi connectivity index (χ4v) is 5.26. The molecule has 0 radical (unpaired) electrons. The first kappa shape index (κ1) is 18.6. The third-order valence-electron chi connectivity index (χ3n) is 5.11. The summed E-state index contributed by atoms with van der Waals surface area (Å²) in [5, 5.41) is 4.44. The molecule has 7 nitrogen and oxygen atoms in total. The van der Waals surface area contributed by atoms with Crippen LogP contribution in [0.15, 0.2) is 39.7 Å². The Kier molecular flexibility index (Phi) is 5.09. The number of aromatic nitrogens is 2. The van der Waals surface area contributed by atoms with Crippen LogP contribution in [0, 0.1) is 0 Å².